The summed E-state index contributed by atoms with van der Waals surface area (Å²) >= 11 is 0. The van der Waals surface area contributed by atoms with Crippen LogP contribution in [0.2, 0.25) is 0 Å². The number of hydrogen-bond donors (Lipinski definition) is 1. The molecule has 83 heavy (non-hydrogen) atoms. The third-order valence-electron chi connectivity index (χ3n) is 13.8. The minimum Gasteiger partial charge on any atom is -0.463 e. The summed E-state index contributed by atoms with van der Waals surface area (Å²) in [5.41, 5.74) is 4.21. The van der Waals surface area contributed by atoms with Gasteiger partial charge in [0.15, 0.2) is 37.2 Å². The number of benzene rings is 5. The van der Waals surface area contributed by atoms with Crippen LogP contribution in [0.25, 0.3) is 0 Å². The Morgan fingerprint density at radius 3 is 1.27 bits per heavy atom. The molecule has 3 saturated heterocycles. The largest absolute Gasteiger partial charge is 0.463 e. The van der Waals surface area contributed by atoms with Crippen LogP contribution in [0, 0.1) is 0 Å². The Balaban J connectivity index is 1.26. The van der Waals surface area contributed by atoms with Crippen LogP contribution in [0.15, 0.2) is 152 Å². The second kappa shape index (κ2) is 31.1. The van der Waals surface area contributed by atoms with Crippen molar-refractivity contribution in [3.63, 3.8) is 0 Å². The zero-order valence-corrected chi connectivity index (χ0v) is 47.3. The molecule has 0 spiro atoms. The number of nitrogens with one attached hydrogen (secondary N) is 1. The highest BCUT2D eigenvalue weighted by Crippen LogP contribution is 2.38. The molecule has 3 aliphatic heterocycles. The van der Waals surface area contributed by atoms with E-state index in [2.05, 4.69) is 5.32 Å². The van der Waals surface area contributed by atoms with Crippen LogP contribution in [0.1, 0.15) is 69.4 Å². The van der Waals surface area contributed by atoms with E-state index in [1.165, 1.54) is 13.8 Å². The maximum atomic E-state index is 13.7. The van der Waals surface area contributed by atoms with Crippen molar-refractivity contribution in [2.24, 2.45) is 0 Å². The van der Waals surface area contributed by atoms with Gasteiger partial charge >= 0.3 is 23.9 Å². The van der Waals surface area contributed by atoms with Gasteiger partial charge < -0.3 is 71.6 Å². The van der Waals surface area contributed by atoms with Crippen LogP contribution in [-0.4, -0.2) is 135 Å². The summed E-state index contributed by atoms with van der Waals surface area (Å²) in [5, 5.41) is 3.02. The molecule has 8 rings (SSSR count). The fraction of sp³-hybridized carbons (Fsp3) is 0.444. The smallest absolute Gasteiger partial charge is 0.303 e. The van der Waals surface area contributed by atoms with Crippen molar-refractivity contribution in [1.29, 1.82) is 0 Å². The van der Waals surface area contributed by atoms with Gasteiger partial charge in [-0.1, -0.05) is 152 Å². The zero-order valence-electron chi connectivity index (χ0n) is 47.3. The van der Waals surface area contributed by atoms with Gasteiger partial charge in [-0.2, -0.15) is 0 Å². The molecular weight excluding hydrogens is 1070 g/mol. The Kier molecular flexibility index (Phi) is 23.3. The fourth-order valence-corrected chi connectivity index (χ4v) is 10.1. The number of hydrogen-bond acceptors (Lipinski definition) is 19. The highest BCUT2D eigenvalue weighted by Gasteiger charge is 2.58. The average Bonchev–Trinajstić information content (AvgIpc) is 3.67. The van der Waals surface area contributed by atoms with E-state index < -0.39 is 128 Å². The standard InChI is InChI=1S/C63H73NO19/c1-39-53(72-33-46-24-14-8-15-25-46)57(73-34-47-26-16-9-17-27-47)59(74-35-48-28-18-10-19-29-48)62(76-39)83-56-52(64-40(2)65)61(75-36-49-30-20-11-21-31-49)80-50(37-70-32-45-22-12-7-13-23-45)54(56)82-63-60(79-44(6)69)58(78-43(5)68)55(77-42(4)67)51(81-63)38-71-41(3)66/h7-31,39,50-63H,32-38H2,1-6H3,(H,64,65). The number of amides is 1. The van der Waals surface area contributed by atoms with Crippen molar-refractivity contribution in [2.45, 2.75) is 167 Å². The van der Waals surface area contributed by atoms with E-state index in [0.29, 0.717) is 0 Å². The molecule has 15 atom stereocenters. The van der Waals surface area contributed by atoms with Gasteiger partial charge in [-0.05, 0) is 34.7 Å². The number of esters is 4. The number of carbonyl (C=O) groups is 5. The Bertz CT molecular complexity index is 2800. The van der Waals surface area contributed by atoms with Crippen LogP contribution in [0.4, 0.5) is 0 Å². The third kappa shape index (κ3) is 18.3. The lowest BCUT2D eigenvalue weighted by Gasteiger charge is -2.51. The molecule has 0 aliphatic carbocycles. The lowest BCUT2D eigenvalue weighted by atomic mass is 9.94. The summed E-state index contributed by atoms with van der Waals surface area (Å²) in [4.78, 5) is 65.1. The molecule has 3 fully saturated rings. The summed E-state index contributed by atoms with van der Waals surface area (Å²) in [6.45, 7) is 7.42. The van der Waals surface area contributed by atoms with Gasteiger partial charge in [-0.25, -0.2) is 0 Å². The second-order valence-corrected chi connectivity index (χ2v) is 20.3. The molecule has 0 aromatic heterocycles. The molecule has 5 aromatic carbocycles. The molecule has 0 radical (unpaired) electrons. The summed E-state index contributed by atoms with van der Waals surface area (Å²) in [6.07, 6.45) is -18.2. The molecule has 20 heteroatoms. The van der Waals surface area contributed by atoms with Gasteiger partial charge in [0.1, 0.15) is 55.4 Å². The van der Waals surface area contributed by atoms with E-state index in [1.807, 2.05) is 159 Å². The van der Waals surface area contributed by atoms with Crippen molar-refractivity contribution in [2.75, 3.05) is 13.2 Å². The molecule has 0 bridgehead atoms. The average molecular weight is 1150 g/mol. The molecule has 5 aromatic rings. The van der Waals surface area contributed by atoms with Crippen molar-refractivity contribution in [3.05, 3.63) is 179 Å². The lowest BCUT2D eigenvalue weighted by molar-refractivity contribution is -0.380. The molecule has 3 aliphatic rings. The molecule has 1 amide bonds. The molecule has 20 nitrogen and oxygen atoms in total. The summed E-state index contributed by atoms with van der Waals surface area (Å²) in [6, 6.07) is 46.3. The van der Waals surface area contributed by atoms with Crippen LogP contribution < -0.4 is 5.32 Å². The Morgan fingerprint density at radius 1 is 0.386 bits per heavy atom. The molecular formula is C63H73NO19. The minimum absolute atomic E-state index is 0.00667. The normalized spacial score (nSPS) is 27.8. The van der Waals surface area contributed by atoms with E-state index in [0.717, 1.165) is 48.6 Å². The Hall–Kier alpha value is -6.95. The van der Waals surface area contributed by atoms with Crippen molar-refractivity contribution >= 4 is 29.8 Å². The van der Waals surface area contributed by atoms with Crippen LogP contribution >= 0.6 is 0 Å². The number of rotatable bonds is 26. The van der Waals surface area contributed by atoms with Gasteiger partial charge in [0, 0.05) is 34.6 Å². The fourth-order valence-electron chi connectivity index (χ4n) is 10.1. The molecule has 15 unspecified atom stereocenters. The first-order valence-corrected chi connectivity index (χ1v) is 27.6. The van der Waals surface area contributed by atoms with Gasteiger partial charge in [0.25, 0.3) is 0 Å². The maximum Gasteiger partial charge on any atom is 0.303 e. The molecule has 3 heterocycles. The zero-order chi connectivity index (χ0) is 58.7. The SMILES string of the molecule is CC(=O)NC1C(OCc2ccccc2)OC(COCc2ccccc2)C(OC2OC(COC(C)=O)C(OC(C)=O)C(OC(C)=O)C2OC(C)=O)C1OC1OC(C)C(OCc2ccccc2)C(OCc2ccccc2)C1OCc1ccccc1. The van der Waals surface area contributed by atoms with Crippen LogP contribution in [-0.2, 0) is 123 Å². The molecule has 0 saturated carbocycles. The van der Waals surface area contributed by atoms with E-state index in [4.69, 9.17) is 66.3 Å². The predicted molar refractivity (Wildman–Crippen MR) is 295 cm³/mol. The number of ether oxygens (including phenoxy) is 14. The van der Waals surface area contributed by atoms with E-state index in [9.17, 15) is 24.0 Å². The van der Waals surface area contributed by atoms with Gasteiger partial charge in [0.2, 0.25) is 5.91 Å². The van der Waals surface area contributed by atoms with E-state index >= 15 is 0 Å². The monoisotopic (exact) mass is 1150 g/mol. The predicted octanol–water partition coefficient (Wildman–Crippen LogP) is 7.00. The second-order valence-electron chi connectivity index (χ2n) is 20.3. The topological polar surface area (TPSA) is 227 Å². The Labute approximate surface area is 483 Å². The first kappa shape index (κ1) is 62.1. The molecule has 444 valence electrons. The van der Waals surface area contributed by atoms with Crippen molar-refractivity contribution in [1.82, 2.24) is 5.32 Å². The third-order valence-corrected chi connectivity index (χ3v) is 13.8. The molecule has 1 N–H and O–H groups in total. The van der Waals surface area contributed by atoms with Crippen molar-refractivity contribution < 1.29 is 90.3 Å². The lowest BCUT2D eigenvalue weighted by Crippen LogP contribution is -2.70. The number of carbonyl (C=O) groups excluding carboxylic acids is 5. The maximum absolute atomic E-state index is 13.7. The summed E-state index contributed by atoms with van der Waals surface area (Å²) in [7, 11) is 0. The first-order valence-electron chi connectivity index (χ1n) is 27.6. The van der Waals surface area contributed by atoms with Gasteiger partial charge in [-0.15, -0.1) is 0 Å². The summed E-state index contributed by atoms with van der Waals surface area (Å²) < 4.78 is 91.6. The summed E-state index contributed by atoms with van der Waals surface area (Å²) in [5.74, 6) is -3.77. The van der Waals surface area contributed by atoms with Gasteiger partial charge in [0.05, 0.1) is 45.7 Å². The van der Waals surface area contributed by atoms with Crippen LogP contribution in [0.3, 0.4) is 0 Å². The highest BCUT2D eigenvalue weighted by molar-refractivity contribution is 5.73. The Morgan fingerprint density at radius 2 is 0.783 bits per heavy atom. The van der Waals surface area contributed by atoms with E-state index in [1.54, 1.807) is 0 Å². The quantitative estimate of drug-likeness (QED) is 0.0434. The highest BCUT2D eigenvalue weighted by atomic mass is 16.8. The minimum atomic E-state index is -1.76. The van der Waals surface area contributed by atoms with E-state index in [-0.39, 0.29) is 39.6 Å². The van der Waals surface area contributed by atoms with Crippen LogP contribution in [0.5, 0.6) is 0 Å². The van der Waals surface area contributed by atoms with Gasteiger partial charge in [-0.3, -0.25) is 24.0 Å². The first-order chi connectivity index (χ1) is 40.2. The van der Waals surface area contributed by atoms with Crippen molar-refractivity contribution in [3.8, 4) is 0 Å².